The summed E-state index contributed by atoms with van der Waals surface area (Å²) in [4.78, 5) is 16.2. The van der Waals surface area contributed by atoms with E-state index in [4.69, 9.17) is 0 Å². The van der Waals surface area contributed by atoms with Gasteiger partial charge in [-0.3, -0.25) is 9.78 Å². The number of ketones is 1. The van der Waals surface area contributed by atoms with Crippen LogP contribution in [0.5, 0.6) is 0 Å². The van der Waals surface area contributed by atoms with Crippen LogP contribution in [0, 0.1) is 22.7 Å². The van der Waals surface area contributed by atoms with E-state index in [-0.39, 0.29) is 59.2 Å². The van der Waals surface area contributed by atoms with Crippen LogP contribution < -0.4 is 0 Å². The molecule has 1 radical (unpaired) electrons. The van der Waals surface area contributed by atoms with Gasteiger partial charge in [0.2, 0.25) is 0 Å². The molecule has 0 saturated heterocycles. The Balaban J connectivity index is 0.000000297. The van der Waals surface area contributed by atoms with Crippen LogP contribution in [0.4, 0.5) is 17.6 Å². The van der Waals surface area contributed by atoms with Gasteiger partial charge in [0.1, 0.15) is 11.6 Å². The van der Waals surface area contributed by atoms with Crippen LogP contribution in [0.15, 0.2) is 84.8 Å². The van der Waals surface area contributed by atoms with Crippen molar-refractivity contribution >= 4 is 38.1 Å². The molecule has 0 amide bonds. The van der Waals surface area contributed by atoms with Crippen molar-refractivity contribution in [2.45, 2.75) is 60.6 Å². The minimum atomic E-state index is -4.51. The molecule has 0 spiro atoms. The predicted octanol–water partition coefficient (Wildman–Crippen LogP) is 11.0. The van der Waals surface area contributed by atoms with Crippen LogP contribution in [0.3, 0.4) is 0 Å². The summed E-state index contributed by atoms with van der Waals surface area (Å²) in [5.41, 5.74) is -0.785. The Bertz CT molecular complexity index is 1880. The van der Waals surface area contributed by atoms with Crippen molar-refractivity contribution in [3.63, 3.8) is 0 Å². The fourth-order valence-corrected chi connectivity index (χ4v) is 4.66. The Kier molecular flexibility index (Phi) is 11.0. The Hall–Kier alpha value is -3.61. The Morgan fingerprint density at radius 2 is 1.42 bits per heavy atom. The smallest absolute Gasteiger partial charge is 0.403 e. The zero-order valence-corrected chi connectivity index (χ0v) is 28.5. The van der Waals surface area contributed by atoms with Crippen LogP contribution in [0.1, 0.15) is 59.9 Å². The van der Waals surface area contributed by atoms with Crippen LogP contribution in [-0.4, -0.2) is 15.9 Å². The van der Waals surface area contributed by atoms with Crippen LogP contribution >= 0.6 is 0 Å². The van der Waals surface area contributed by atoms with Gasteiger partial charge in [-0.1, -0.05) is 95.0 Å². The molecule has 1 N–H and O–H groups in total. The number of alkyl halides is 3. The minimum Gasteiger partial charge on any atom is -0.512 e. The number of fused-ring (bicyclic) bond motifs is 4. The van der Waals surface area contributed by atoms with E-state index in [0.29, 0.717) is 27.2 Å². The van der Waals surface area contributed by atoms with Crippen molar-refractivity contribution in [3.05, 3.63) is 102 Å². The summed E-state index contributed by atoms with van der Waals surface area (Å²) in [7, 11) is 0. The van der Waals surface area contributed by atoms with E-state index in [2.05, 4.69) is 11.1 Å². The molecule has 0 saturated carbocycles. The molecule has 1 aromatic heterocycles. The summed E-state index contributed by atoms with van der Waals surface area (Å²) in [5.74, 6) is -0.153. The third-order valence-corrected chi connectivity index (χ3v) is 8.48. The molecule has 5 aromatic rings. The molecule has 3 nitrogen and oxygen atoms in total. The van der Waals surface area contributed by atoms with Gasteiger partial charge in [0.05, 0.1) is 0 Å². The first kappa shape index (κ1) is 35.9. The molecule has 0 unspecified atom stereocenters. The summed E-state index contributed by atoms with van der Waals surface area (Å²) in [6.45, 7) is 11.7. The first-order chi connectivity index (χ1) is 20.6. The number of aromatic nitrogens is 1. The van der Waals surface area contributed by atoms with E-state index >= 15 is 0 Å². The largest absolute Gasteiger partial charge is 0.512 e. The summed E-state index contributed by atoms with van der Waals surface area (Å²) < 4.78 is 55.3. The van der Waals surface area contributed by atoms with E-state index < -0.39 is 11.7 Å². The van der Waals surface area contributed by atoms with Crippen molar-refractivity contribution in [3.8, 4) is 11.3 Å². The second kappa shape index (κ2) is 13.8. The van der Waals surface area contributed by atoms with Gasteiger partial charge in [-0.25, -0.2) is 4.39 Å². The molecule has 0 fully saturated rings. The topological polar surface area (TPSA) is 50.2 Å². The quantitative estimate of drug-likeness (QED) is 0.0612. The molecule has 0 aliphatic heterocycles. The normalized spacial score (nSPS) is 12.5. The molecule has 0 aliphatic carbocycles. The fourth-order valence-electron chi connectivity index (χ4n) is 4.66. The molecular weight excluding hydrogens is 759 g/mol. The Labute approximate surface area is 274 Å². The van der Waals surface area contributed by atoms with E-state index in [1.807, 2.05) is 41.5 Å². The first-order valence-corrected chi connectivity index (χ1v) is 14.5. The number of carbonyl (C=O) groups is 1. The van der Waals surface area contributed by atoms with Gasteiger partial charge in [-0.15, -0.1) is 23.6 Å². The Morgan fingerprint density at radius 1 is 0.822 bits per heavy atom. The number of pyridine rings is 1. The van der Waals surface area contributed by atoms with Gasteiger partial charge in [-0.05, 0) is 46.7 Å². The van der Waals surface area contributed by atoms with Gasteiger partial charge in [0, 0.05) is 54.3 Å². The molecule has 0 aliphatic rings. The molecule has 239 valence electrons. The van der Waals surface area contributed by atoms with Gasteiger partial charge >= 0.3 is 6.18 Å². The second-order valence-electron chi connectivity index (χ2n) is 12.2. The number of hydrogen-bond acceptors (Lipinski definition) is 3. The Morgan fingerprint density at radius 3 is 2.07 bits per heavy atom. The van der Waals surface area contributed by atoms with Crippen molar-refractivity contribution in [1.82, 2.24) is 4.98 Å². The van der Waals surface area contributed by atoms with Gasteiger partial charge in [-0.2, -0.15) is 13.2 Å². The molecule has 45 heavy (non-hydrogen) atoms. The van der Waals surface area contributed by atoms with E-state index in [1.54, 1.807) is 48.5 Å². The maximum Gasteiger partial charge on any atom is 0.403 e. The maximum atomic E-state index is 14.1. The average molecular weight is 795 g/mol. The summed E-state index contributed by atoms with van der Waals surface area (Å²) in [5, 5.41) is 12.8. The summed E-state index contributed by atoms with van der Waals surface area (Å²) >= 11 is 0. The number of halogens is 4. The van der Waals surface area contributed by atoms with Crippen molar-refractivity contribution in [1.29, 1.82) is 0 Å². The van der Waals surface area contributed by atoms with Crippen LogP contribution in [-0.2, 0) is 31.1 Å². The predicted molar refractivity (Wildman–Crippen MR) is 170 cm³/mol. The monoisotopic (exact) mass is 795 g/mol. The van der Waals surface area contributed by atoms with Gasteiger partial charge in [0.15, 0.2) is 5.78 Å². The first-order valence-electron chi connectivity index (χ1n) is 14.5. The third-order valence-electron chi connectivity index (χ3n) is 8.48. The van der Waals surface area contributed by atoms with E-state index in [1.165, 1.54) is 24.4 Å². The minimum absolute atomic E-state index is 0. The van der Waals surface area contributed by atoms with Crippen molar-refractivity contribution < 1.29 is 47.6 Å². The number of rotatable bonds is 6. The SMILES string of the molecule is CCC(C)(C)C(=O)/C=C(\O)C(C)(C)CC.Fc1cccc2c1ccc1c(-c3[c-]c4ccccc4c(C(F)(F)F)c3)nccc12.[Ir]. The zero-order chi connectivity index (χ0) is 32.4. The van der Waals surface area contributed by atoms with E-state index in [9.17, 15) is 27.5 Å². The molecule has 4 aromatic carbocycles. The second-order valence-corrected chi connectivity index (χ2v) is 12.2. The van der Waals surface area contributed by atoms with Gasteiger partial charge < -0.3 is 5.11 Å². The molecule has 1 heterocycles. The standard InChI is InChI=1S/C24H12F4N.C13H24O2.Ir/c25-22-7-3-6-17-18-10-11-29-23(20(18)9-8-19(17)22)15-12-14-4-1-2-5-16(14)21(13-15)24(26,27)28;1-7-12(3,4)10(14)9-11(15)13(5,6)8-2;/h1-11,13H;9,14H,7-8H2,1-6H3;/q-1;;/b;10-9-;. The summed E-state index contributed by atoms with van der Waals surface area (Å²) in [6, 6.07) is 20.3. The number of benzene rings is 4. The van der Waals surface area contributed by atoms with Crippen molar-refractivity contribution in [2.24, 2.45) is 10.8 Å². The van der Waals surface area contributed by atoms with Crippen LogP contribution in [0.25, 0.3) is 43.6 Å². The number of nitrogens with zero attached hydrogens (tertiary/aromatic N) is 1. The number of aliphatic hydroxyl groups excluding tert-OH is 1. The van der Waals surface area contributed by atoms with Gasteiger partial charge in [0.25, 0.3) is 0 Å². The molecule has 0 bridgehead atoms. The third kappa shape index (κ3) is 7.62. The van der Waals surface area contributed by atoms with Crippen LogP contribution in [0.2, 0.25) is 0 Å². The number of hydrogen-bond donors (Lipinski definition) is 1. The maximum absolute atomic E-state index is 14.1. The number of carbonyl (C=O) groups excluding carboxylic acids is 1. The summed E-state index contributed by atoms with van der Waals surface area (Å²) in [6.07, 6.45) is 0.00645. The molecule has 0 atom stereocenters. The van der Waals surface area contributed by atoms with Crippen molar-refractivity contribution in [2.75, 3.05) is 0 Å². The fraction of sp³-hybridized carbons (Fsp3) is 0.297. The molecule has 8 heteroatoms. The number of allylic oxidation sites excluding steroid dienone is 2. The molecular formula is C37H36F4IrNO2-. The molecule has 5 rings (SSSR count). The average Bonchev–Trinajstić information content (AvgIpc) is 3.00. The zero-order valence-electron chi connectivity index (χ0n) is 26.1. The number of aliphatic hydroxyl groups is 1. The van der Waals surface area contributed by atoms with E-state index in [0.717, 1.165) is 24.3 Å².